The Morgan fingerprint density at radius 3 is 2.42 bits per heavy atom. The molecule has 0 radical (unpaired) electrons. The Bertz CT molecular complexity index is 1010. The second kappa shape index (κ2) is 10.1. The number of aromatic nitrogens is 3. The molecule has 8 heteroatoms. The smallest absolute Gasteiger partial charge is 0.155 e. The molecule has 0 bridgehead atoms. The van der Waals surface area contributed by atoms with E-state index in [4.69, 9.17) is 25.3 Å². The third kappa shape index (κ3) is 4.84. The molecule has 0 amide bonds. The Hall–Kier alpha value is -2.61. The average molecular weight is 445 g/mol. The van der Waals surface area contributed by atoms with Gasteiger partial charge in [0.05, 0.1) is 20.3 Å². The van der Waals surface area contributed by atoms with E-state index in [9.17, 15) is 5.11 Å². The van der Waals surface area contributed by atoms with Crippen molar-refractivity contribution in [3.05, 3.63) is 65.7 Å². The summed E-state index contributed by atoms with van der Waals surface area (Å²) in [5.74, 6) is 3.14. The molecule has 0 saturated heterocycles. The third-order valence-electron chi connectivity index (χ3n) is 5.76. The van der Waals surface area contributed by atoms with Gasteiger partial charge in [-0.2, -0.15) is 5.10 Å². The van der Waals surface area contributed by atoms with Crippen LogP contribution < -0.4 is 15.2 Å². The Kier molecular flexibility index (Phi) is 7.54. The Labute approximate surface area is 188 Å². The van der Waals surface area contributed by atoms with Crippen LogP contribution in [0.15, 0.2) is 48.5 Å². The van der Waals surface area contributed by atoms with E-state index in [0.717, 1.165) is 41.4 Å². The number of methoxy groups -OCH3 is 2. The first kappa shape index (κ1) is 23.1. The molecule has 1 heterocycles. The predicted molar refractivity (Wildman–Crippen MR) is 122 cm³/mol. The number of benzene rings is 2. The summed E-state index contributed by atoms with van der Waals surface area (Å²) in [5, 5.41) is 15.2. The van der Waals surface area contributed by atoms with Gasteiger partial charge in [-0.25, -0.2) is 9.67 Å². The van der Waals surface area contributed by atoms with Crippen molar-refractivity contribution in [3.63, 3.8) is 0 Å². The van der Waals surface area contributed by atoms with Gasteiger partial charge in [0, 0.05) is 23.9 Å². The van der Waals surface area contributed by atoms with Crippen molar-refractivity contribution < 1.29 is 14.6 Å². The highest BCUT2D eigenvalue weighted by Crippen LogP contribution is 2.34. The van der Waals surface area contributed by atoms with Crippen LogP contribution in [0.25, 0.3) is 5.69 Å². The second-order valence-electron chi connectivity index (χ2n) is 7.70. The minimum Gasteiger partial charge on any atom is -0.496 e. The summed E-state index contributed by atoms with van der Waals surface area (Å²) in [6, 6.07) is 15.5. The average Bonchev–Trinajstić information content (AvgIpc) is 3.19. The first-order chi connectivity index (χ1) is 14.6. The SMILES string of the molecule is COc1ccccc1Cc1nc([C@H]2CC[C@@H](N)[C@H](O)C2)n(-c2ccccc2OC)n1.Cl. The monoisotopic (exact) mass is 444 g/mol. The largest absolute Gasteiger partial charge is 0.496 e. The highest BCUT2D eigenvalue weighted by molar-refractivity contribution is 5.85. The molecule has 7 nitrogen and oxygen atoms in total. The van der Waals surface area contributed by atoms with E-state index in [2.05, 4.69) is 0 Å². The van der Waals surface area contributed by atoms with Crippen molar-refractivity contribution >= 4 is 12.4 Å². The predicted octanol–water partition coefficient (Wildman–Crippen LogP) is 3.25. The number of hydrogen-bond donors (Lipinski definition) is 2. The molecule has 166 valence electrons. The highest BCUT2D eigenvalue weighted by atomic mass is 35.5. The quantitative estimate of drug-likeness (QED) is 0.606. The van der Waals surface area contributed by atoms with Crippen LogP contribution in [-0.4, -0.2) is 46.2 Å². The second-order valence-corrected chi connectivity index (χ2v) is 7.70. The van der Waals surface area contributed by atoms with Gasteiger partial charge in [-0.3, -0.25) is 0 Å². The summed E-state index contributed by atoms with van der Waals surface area (Å²) in [5.41, 5.74) is 7.88. The minimum atomic E-state index is -0.538. The molecule has 1 aliphatic rings. The Morgan fingerprint density at radius 1 is 1.03 bits per heavy atom. The molecule has 3 N–H and O–H groups in total. The van der Waals surface area contributed by atoms with Gasteiger partial charge in [-0.1, -0.05) is 30.3 Å². The van der Waals surface area contributed by atoms with Gasteiger partial charge in [0.15, 0.2) is 5.82 Å². The third-order valence-corrected chi connectivity index (χ3v) is 5.76. The van der Waals surface area contributed by atoms with Gasteiger partial charge in [0.2, 0.25) is 0 Å². The maximum Gasteiger partial charge on any atom is 0.155 e. The van der Waals surface area contributed by atoms with Crippen molar-refractivity contribution in [2.45, 2.75) is 43.7 Å². The standard InChI is InChI=1S/C23H28N4O3.ClH/c1-29-20-9-5-3-7-15(20)14-22-25-23(16-11-12-17(24)19(28)13-16)27(26-22)18-8-4-6-10-21(18)30-2;/h3-10,16-17,19,28H,11-14,24H2,1-2H3;1H/t16-,17+,19+;/m0./s1. The van der Waals surface area contributed by atoms with Crippen LogP contribution in [0, 0.1) is 0 Å². The lowest BCUT2D eigenvalue weighted by Crippen LogP contribution is -2.40. The van der Waals surface area contributed by atoms with Crippen molar-refractivity contribution in [3.8, 4) is 17.2 Å². The molecular formula is C23H29ClN4O3. The molecule has 2 aromatic carbocycles. The summed E-state index contributed by atoms with van der Waals surface area (Å²) in [6.07, 6.45) is 2.20. The van der Waals surface area contributed by atoms with Gasteiger partial charge in [-0.05, 0) is 37.5 Å². The fraction of sp³-hybridized carbons (Fsp3) is 0.391. The lowest BCUT2D eigenvalue weighted by atomic mass is 9.84. The Balaban J connectivity index is 0.00000272. The van der Waals surface area contributed by atoms with Gasteiger partial charge >= 0.3 is 0 Å². The van der Waals surface area contributed by atoms with Crippen LogP contribution in [0.3, 0.4) is 0 Å². The van der Waals surface area contributed by atoms with E-state index in [1.807, 2.05) is 53.2 Å². The molecule has 0 aliphatic heterocycles. The fourth-order valence-electron chi connectivity index (χ4n) is 4.11. The zero-order valence-corrected chi connectivity index (χ0v) is 18.6. The number of aliphatic hydroxyl groups is 1. The number of para-hydroxylation sites is 3. The number of aliphatic hydroxyl groups excluding tert-OH is 1. The zero-order chi connectivity index (χ0) is 21.1. The number of hydrogen-bond acceptors (Lipinski definition) is 6. The first-order valence-electron chi connectivity index (χ1n) is 10.3. The van der Waals surface area contributed by atoms with E-state index in [1.165, 1.54) is 0 Å². The molecule has 0 unspecified atom stereocenters. The topological polar surface area (TPSA) is 95.4 Å². The number of rotatable bonds is 6. The first-order valence-corrected chi connectivity index (χ1v) is 10.3. The van der Waals surface area contributed by atoms with Crippen molar-refractivity contribution in [2.75, 3.05) is 14.2 Å². The van der Waals surface area contributed by atoms with Crippen LogP contribution in [0.2, 0.25) is 0 Å². The number of nitrogens with two attached hydrogens (primary N) is 1. The lowest BCUT2D eigenvalue weighted by Gasteiger charge is -2.30. The molecule has 3 atom stereocenters. The molecule has 1 saturated carbocycles. The minimum absolute atomic E-state index is 0. The van der Waals surface area contributed by atoms with E-state index in [0.29, 0.717) is 18.7 Å². The summed E-state index contributed by atoms with van der Waals surface area (Å²) in [4.78, 5) is 4.90. The molecule has 4 rings (SSSR count). The van der Waals surface area contributed by atoms with Crippen LogP contribution in [0.1, 0.15) is 42.4 Å². The van der Waals surface area contributed by atoms with Crippen LogP contribution in [-0.2, 0) is 6.42 Å². The molecule has 0 spiro atoms. The maximum atomic E-state index is 10.4. The molecule has 3 aromatic rings. The van der Waals surface area contributed by atoms with Crippen LogP contribution >= 0.6 is 12.4 Å². The summed E-state index contributed by atoms with van der Waals surface area (Å²) < 4.78 is 12.9. The zero-order valence-electron chi connectivity index (χ0n) is 17.8. The van der Waals surface area contributed by atoms with Gasteiger partial charge in [-0.15, -0.1) is 12.4 Å². The molecule has 1 aromatic heterocycles. The van der Waals surface area contributed by atoms with Crippen molar-refractivity contribution in [2.24, 2.45) is 5.73 Å². The fourth-order valence-corrected chi connectivity index (χ4v) is 4.11. The normalized spacial score (nSPS) is 20.7. The van der Waals surface area contributed by atoms with Gasteiger partial charge in [0.1, 0.15) is 23.0 Å². The maximum absolute atomic E-state index is 10.4. The molecule has 1 aliphatic carbocycles. The van der Waals surface area contributed by atoms with Gasteiger partial charge in [0.25, 0.3) is 0 Å². The van der Waals surface area contributed by atoms with E-state index >= 15 is 0 Å². The molecule has 31 heavy (non-hydrogen) atoms. The molecular weight excluding hydrogens is 416 g/mol. The Morgan fingerprint density at radius 2 is 1.71 bits per heavy atom. The van der Waals surface area contributed by atoms with E-state index < -0.39 is 6.10 Å². The van der Waals surface area contributed by atoms with E-state index in [-0.39, 0.29) is 24.4 Å². The van der Waals surface area contributed by atoms with E-state index in [1.54, 1.807) is 14.2 Å². The van der Waals surface area contributed by atoms with Crippen LogP contribution in [0.5, 0.6) is 11.5 Å². The van der Waals surface area contributed by atoms with Crippen molar-refractivity contribution in [1.29, 1.82) is 0 Å². The molecule has 1 fully saturated rings. The number of ether oxygens (including phenoxy) is 2. The van der Waals surface area contributed by atoms with Crippen molar-refractivity contribution in [1.82, 2.24) is 14.8 Å². The number of nitrogens with zero attached hydrogens (tertiary/aromatic N) is 3. The lowest BCUT2D eigenvalue weighted by molar-refractivity contribution is 0.0961. The van der Waals surface area contributed by atoms with Gasteiger partial charge < -0.3 is 20.3 Å². The summed E-state index contributed by atoms with van der Waals surface area (Å²) in [6.45, 7) is 0. The van der Waals surface area contributed by atoms with Crippen LogP contribution in [0.4, 0.5) is 0 Å². The highest BCUT2D eigenvalue weighted by Gasteiger charge is 2.31. The number of halogens is 1. The summed E-state index contributed by atoms with van der Waals surface area (Å²) >= 11 is 0. The summed E-state index contributed by atoms with van der Waals surface area (Å²) in [7, 11) is 3.31.